The molecular formula is C23H17FN2O3. The number of nitriles is 1. The number of benzene rings is 2. The van der Waals surface area contributed by atoms with Crippen LogP contribution in [0.25, 0.3) is 11.6 Å². The molecule has 1 amide bonds. The molecule has 0 aliphatic rings. The van der Waals surface area contributed by atoms with E-state index in [1.54, 1.807) is 24.3 Å². The number of hydrogen-bond acceptors (Lipinski definition) is 4. The number of amides is 1. The molecular weight excluding hydrogens is 371 g/mol. The summed E-state index contributed by atoms with van der Waals surface area (Å²) in [5.74, 6) is 1.89. The van der Waals surface area contributed by atoms with Gasteiger partial charge in [0.25, 0.3) is 5.91 Å². The maximum atomic E-state index is 13.1. The van der Waals surface area contributed by atoms with E-state index in [1.807, 2.05) is 0 Å². The van der Waals surface area contributed by atoms with Crippen LogP contribution in [0.15, 0.2) is 54.6 Å². The van der Waals surface area contributed by atoms with E-state index >= 15 is 0 Å². The molecule has 6 heteroatoms. The molecule has 2 aromatic rings. The van der Waals surface area contributed by atoms with E-state index in [-0.39, 0.29) is 6.61 Å². The van der Waals surface area contributed by atoms with E-state index in [2.05, 4.69) is 12.0 Å². The van der Waals surface area contributed by atoms with Crippen molar-refractivity contribution in [1.82, 2.24) is 0 Å². The summed E-state index contributed by atoms with van der Waals surface area (Å²) in [6.07, 6.45) is 9.57. The van der Waals surface area contributed by atoms with Gasteiger partial charge in [0.2, 0.25) is 0 Å². The summed E-state index contributed by atoms with van der Waals surface area (Å²) in [5.41, 5.74) is 1.91. The number of nitrogens with zero attached hydrogens (tertiary/aromatic N) is 2. The number of aldehydes is 1. The van der Waals surface area contributed by atoms with Gasteiger partial charge >= 0.3 is 0 Å². The number of ether oxygens (including phenoxy) is 1. The van der Waals surface area contributed by atoms with E-state index in [9.17, 15) is 19.2 Å². The molecule has 0 aliphatic carbocycles. The lowest BCUT2D eigenvalue weighted by Gasteiger charge is -2.19. The van der Waals surface area contributed by atoms with Crippen LogP contribution in [0.1, 0.15) is 11.1 Å². The van der Waals surface area contributed by atoms with Gasteiger partial charge in [0.15, 0.2) is 0 Å². The number of rotatable bonds is 7. The van der Waals surface area contributed by atoms with Gasteiger partial charge in [0, 0.05) is 13.1 Å². The van der Waals surface area contributed by atoms with Crippen LogP contribution in [0.5, 0.6) is 5.75 Å². The fourth-order valence-corrected chi connectivity index (χ4v) is 2.46. The second kappa shape index (κ2) is 10.2. The highest BCUT2D eigenvalue weighted by Crippen LogP contribution is 2.31. The average Bonchev–Trinajstić information content (AvgIpc) is 2.74. The van der Waals surface area contributed by atoms with Crippen LogP contribution in [-0.4, -0.2) is 25.8 Å². The lowest BCUT2D eigenvalue weighted by Crippen LogP contribution is -2.24. The van der Waals surface area contributed by atoms with Gasteiger partial charge in [-0.1, -0.05) is 24.1 Å². The predicted octanol–water partition coefficient (Wildman–Crippen LogP) is 3.62. The van der Waals surface area contributed by atoms with Gasteiger partial charge in [0.1, 0.15) is 24.5 Å². The summed E-state index contributed by atoms with van der Waals surface area (Å²) in [5, 5.41) is 9.48. The summed E-state index contributed by atoms with van der Waals surface area (Å²) in [6, 6.07) is 12.6. The molecule has 5 nitrogen and oxygen atoms in total. The summed E-state index contributed by atoms with van der Waals surface area (Å²) < 4.78 is 18.6. The summed E-state index contributed by atoms with van der Waals surface area (Å²) in [6.45, 7) is 0.00736. The van der Waals surface area contributed by atoms with Crippen LogP contribution in [0, 0.1) is 29.5 Å². The van der Waals surface area contributed by atoms with Crippen molar-refractivity contribution in [1.29, 1.82) is 5.26 Å². The number of hydrogen-bond donors (Lipinski definition) is 0. The Hall–Kier alpha value is -4.16. The lowest BCUT2D eigenvalue weighted by atomic mass is 10.0. The molecule has 0 atom stereocenters. The maximum Gasteiger partial charge on any atom is 0.250 e. The normalized spacial score (nSPS) is 10.8. The Morgan fingerprint density at radius 2 is 2.00 bits per heavy atom. The number of halogens is 1. The second-order valence-corrected chi connectivity index (χ2v) is 5.79. The van der Waals surface area contributed by atoms with Crippen LogP contribution < -0.4 is 9.64 Å². The van der Waals surface area contributed by atoms with Crippen molar-refractivity contribution in [2.24, 2.45) is 0 Å². The van der Waals surface area contributed by atoms with Crippen molar-refractivity contribution in [3.05, 3.63) is 71.6 Å². The molecule has 0 aromatic heterocycles. The van der Waals surface area contributed by atoms with Gasteiger partial charge < -0.3 is 9.64 Å². The smallest absolute Gasteiger partial charge is 0.250 e. The van der Waals surface area contributed by atoms with Gasteiger partial charge in [-0.2, -0.15) is 5.26 Å². The van der Waals surface area contributed by atoms with E-state index < -0.39 is 11.7 Å². The highest BCUT2D eigenvalue weighted by atomic mass is 19.1. The maximum absolute atomic E-state index is 13.1. The van der Waals surface area contributed by atoms with Crippen LogP contribution in [0.4, 0.5) is 10.1 Å². The van der Waals surface area contributed by atoms with E-state index in [1.165, 1.54) is 36.2 Å². The van der Waals surface area contributed by atoms with Crippen molar-refractivity contribution in [3.63, 3.8) is 0 Å². The van der Waals surface area contributed by atoms with Gasteiger partial charge in [0.05, 0.1) is 17.3 Å². The zero-order chi connectivity index (χ0) is 21.2. The Morgan fingerprint density at radius 3 is 2.62 bits per heavy atom. The minimum Gasteiger partial charge on any atom is -0.479 e. The van der Waals surface area contributed by atoms with Crippen molar-refractivity contribution >= 4 is 29.5 Å². The number of terminal acetylenes is 1. The number of likely N-dealkylation sites (N-methyl/N-ethyl adjacent to an activating group) is 1. The standard InChI is InChI=1S/C23H17FN2O3/c1-3-13-29-22-11-6-17(15-21(22)26(2)23(28)5-4-12-27)14-19(16-25)18-7-9-20(24)10-8-18/h1,4-12,14-15H,13H2,2H3/b5-4-,19-14+. The van der Waals surface area contributed by atoms with Crippen molar-refractivity contribution in [2.75, 3.05) is 18.6 Å². The van der Waals surface area contributed by atoms with Crippen LogP contribution >= 0.6 is 0 Å². The average molecular weight is 388 g/mol. The van der Waals surface area contributed by atoms with E-state index in [4.69, 9.17) is 11.2 Å². The number of carbonyl (C=O) groups is 2. The largest absolute Gasteiger partial charge is 0.479 e. The minimum absolute atomic E-state index is 0.00736. The Labute approximate surface area is 168 Å². The predicted molar refractivity (Wildman–Crippen MR) is 109 cm³/mol. The Bertz CT molecular complexity index is 1040. The van der Waals surface area contributed by atoms with Crippen LogP contribution in [-0.2, 0) is 9.59 Å². The fraction of sp³-hybridized carbons (Fsp3) is 0.0870. The number of anilines is 1. The Morgan fingerprint density at radius 1 is 1.28 bits per heavy atom. The molecule has 0 fully saturated rings. The molecule has 0 saturated carbocycles. The molecule has 2 aromatic carbocycles. The third-order valence-electron chi connectivity index (χ3n) is 3.89. The number of carbonyl (C=O) groups excluding carboxylic acids is 2. The molecule has 0 spiro atoms. The van der Waals surface area contributed by atoms with Crippen molar-refractivity contribution in [3.8, 4) is 24.2 Å². The zero-order valence-corrected chi connectivity index (χ0v) is 15.6. The molecule has 0 heterocycles. The highest BCUT2D eigenvalue weighted by Gasteiger charge is 2.14. The summed E-state index contributed by atoms with van der Waals surface area (Å²) in [4.78, 5) is 24.0. The van der Waals surface area contributed by atoms with Crippen LogP contribution in [0.3, 0.4) is 0 Å². The number of allylic oxidation sites excluding steroid dienone is 2. The third kappa shape index (κ3) is 5.66. The van der Waals surface area contributed by atoms with Crippen molar-refractivity contribution in [2.45, 2.75) is 0 Å². The van der Waals surface area contributed by atoms with E-state index in [0.29, 0.717) is 34.4 Å². The van der Waals surface area contributed by atoms with Gasteiger partial charge in [-0.05, 0) is 47.5 Å². The first-order valence-corrected chi connectivity index (χ1v) is 8.47. The zero-order valence-electron chi connectivity index (χ0n) is 15.6. The fourth-order valence-electron chi connectivity index (χ4n) is 2.46. The SMILES string of the molecule is C#CCOc1ccc(/C=C(\C#N)c2ccc(F)cc2)cc1N(C)C(=O)/C=C\C=O. The van der Waals surface area contributed by atoms with E-state index in [0.717, 1.165) is 12.2 Å². The molecule has 0 radical (unpaired) electrons. The third-order valence-corrected chi connectivity index (χ3v) is 3.89. The second-order valence-electron chi connectivity index (χ2n) is 5.79. The monoisotopic (exact) mass is 388 g/mol. The van der Waals surface area contributed by atoms with Gasteiger partial charge in [-0.25, -0.2) is 4.39 Å². The quantitative estimate of drug-likeness (QED) is 0.239. The highest BCUT2D eigenvalue weighted by molar-refractivity contribution is 6.04. The first kappa shape index (κ1) is 21.1. The first-order chi connectivity index (χ1) is 14.0. The lowest BCUT2D eigenvalue weighted by molar-refractivity contribution is -0.114. The molecule has 0 saturated heterocycles. The molecule has 0 aliphatic heterocycles. The topological polar surface area (TPSA) is 70.4 Å². The summed E-state index contributed by atoms with van der Waals surface area (Å²) >= 11 is 0. The molecule has 0 bridgehead atoms. The molecule has 0 N–H and O–H groups in total. The summed E-state index contributed by atoms with van der Waals surface area (Å²) in [7, 11) is 1.52. The van der Waals surface area contributed by atoms with Gasteiger partial charge in [-0.3, -0.25) is 9.59 Å². The van der Waals surface area contributed by atoms with Crippen LogP contribution in [0.2, 0.25) is 0 Å². The first-order valence-electron chi connectivity index (χ1n) is 8.47. The Kier molecular flexibility index (Phi) is 7.47. The minimum atomic E-state index is -0.442. The molecule has 144 valence electrons. The molecule has 29 heavy (non-hydrogen) atoms. The Balaban J connectivity index is 2.48. The van der Waals surface area contributed by atoms with Crippen molar-refractivity contribution < 1.29 is 18.7 Å². The molecule has 2 rings (SSSR count). The van der Waals surface area contributed by atoms with Gasteiger partial charge in [-0.15, -0.1) is 6.42 Å². The molecule has 0 unspecified atom stereocenters.